The van der Waals surface area contributed by atoms with Crippen molar-refractivity contribution in [1.82, 2.24) is 19.5 Å². The molecule has 32 heavy (non-hydrogen) atoms. The van der Waals surface area contributed by atoms with E-state index in [1.807, 2.05) is 12.1 Å². The van der Waals surface area contributed by atoms with E-state index in [0.29, 0.717) is 12.0 Å². The van der Waals surface area contributed by atoms with Gasteiger partial charge in [-0.2, -0.15) is 0 Å². The molecule has 0 spiro atoms. The second-order valence-electron chi connectivity index (χ2n) is 10.1. The lowest BCUT2D eigenvalue weighted by atomic mass is 9.48. The van der Waals surface area contributed by atoms with Crippen LogP contribution in [0.25, 0.3) is 11.2 Å². The molecule has 2 heterocycles. The number of carbonyl (C=O) groups excluding carboxylic acids is 1. The van der Waals surface area contributed by atoms with E-state index < -0.39 is 11.2 Å². The van der Waals surface area contributed by atoms with Gasteiger partial charge >= 0.3 is 5.69 Å². The van der Waals surface area contributed by atoms with Crippen molar-refractivity contribution in [3.8, 4) is 0 Å². The first kappa shape index (κ1) is 19.5. The van der Waals surface area contributed by atoms with Crippen molar-refractivity contribution < 1.29 is 4.79 Å². The first-order chi connectivity index (χ1) is 15.5. The van der Waals surface area contributed by atoms with Crippen LogP contribution in [-0.4, -0.2) is 25.4 Å². The Bertz CT molecular complexity index is 1260. The van der Waals surface area contributed by atoms with Gasteiger partial charge in [0.1, 0.15) is 0 Å². The SMILES string of the molecule is O=C(CCn1cnc2[nH]c(=O)[nH]c(=O)c21)Nc1ccc(C23CC4CC(CC(C4)C2)C3)cc1. The van der Waals surface area contributed by atoms with Gasteiger partial charge in [-0.1, -0.05) is 12.1 Å². The van der Waals surface area contributed by atoms with E-state index in [1.165, 1.54) is 50.4 Å². The molecule has 2 aromatic heterocycles. The number of nitrogens with one attached hydrogen (secondary N) is 3. The third-order valence-corrected chi connectivity index (χ3v) is 7.91. The number of hydrogen-bond donors (Lipinski definition) is 3. The molecule has 8 heteroatoms. The van der Waals surface area contributed by atoms with E-state index in [0.717, 1.165) is 23.4 Å². The smallest absolute Gasteiger partial charge is 0.326 e. The predicted octanol–water partition coefficient (Wildman–Crippen LogP) is 2.91. The molecule has 0 atom stereocenters. The molecule has 0 aliphatic heterocycles. The van der Waals surface area contributed by atoms with Crippen molar-refractivity contribution in [3.05, 3.63) is 57.0 Å². The van der Waals surface area contributed by atoms with Crippen molar-refractivity contribution in [2.45, 2.75) is 56.9 Å². The van der Waals surface area contributed by atoms with Crippen molar-refractivity contribution in [2.24, 2.45) is 17.8 Å². The number of benzene rings is 1. The topological polar surface area (TPSA) is 113 Å². The minimum absolute atomic E-state index is 0.129. The first-order valence-electron chi connectivity index (χ1n) is 11.6. The summed E-state index contributed by atoms with van der Waals surface area (Å²) >= 11 is 0. The van der Waals surface area contributed by atoms with Gasteiger partial charge < -0.3 is 9.88 Å². The molecule has 3 aromatic rings. The number of fused-ring (bicyclic) bond motifs is 1. The van der Waals surface area contributed by atoms with E-state index in [1.54, 1.807) is 4.57 Å². The lowest BCUT2D eigenvalue weighted by Gasteiger charge is -2.57. The molecule has 166 valence electrons. The van der Waals surface area contributed by atoms with E-state index in [9.17, 15) is 14.4 Å². The molecule has 8 nitrogen and oxygen atoms in total. The summed E-state index contributed by atoms with van der Waals surface area (Å²) in [6.07, 6.45) is 9.94. The molecule has 0 radical (unpaired) electrons. The second-order valence-corrected chi connectivity index (χ2v) is 10.1. The number of aryl methyl sites for hydroxylation is 1. The maximum Gasteiger partial charge on any atom is 0.327 e. The first-order valence-corrected chi connectivity index (χ1v) is 11.6. The Balaban J connectivity index is 1.12. The minimum Gasteiger partial charge on any atom is -0.326 e. The summed E-state index contributed by atoms with van der Waals surface area (Å²) in [6.45, 7) is 0.294. The van der Waals surface area contributed by atoms with E-state index in [-0.39, 0.29) is 23.5 Å². The number of amides is 1. The molecule has 4 aliphatic rings. The molecule has 3 N–H and O–H groups in total. The summed E-state index contributed by atoms with van der Waals surface area (Å²) in [5.41, 5.74) is 1.96. The Labute approximate surface area is 184 Å². The molecule has 4 fully saturated rings. The number of carbonyl (C=O) groups is 1. The Morgan fingerprint density at radius 3 is 2.34 bits per heavy atom. The molecular weight excluding hydrogens is 406 g/mol. The highest BCUT2D eigenvalue weighted by Crippen LogP contribution is 2.60. The van der Waals surface area contributed by atoms with Gasteiger partial charge in [0.15, 0.2) is 11.2 Å². The molecular formula is C24H27N5O3. The number of imidazole rings is 1. The van der Waals surface area contributed by atoms with Gasteiger partial charge in [-0.05, 0) is 79.4 Å². The highest BCUT2D eigenvalue weighted by Gasteiger charge is 2.51. The monoisotopic (exact) mass is 433 g/mol. The standard InChI is InChI=1S/C24H27N5O3/c30-19(5-6-29-13-25-21-20(29)22(31)28-23(32)27-21)26-18-3-1-17(2-4-18)24-10-14-7-15(11-24)9-16(8-14)12-24/h1-4,13-16H,5-12H2,(H,26,30)(H2,27,28,31,32). The number of H-pyrrole nitrogens is 2. The molecule has 7 rings (SSSR count). The summed E-state index contributed by atoms with van der Waals surface area (Å²) in [5.74, 6) is 2.59. The van der Waals surface area contributed by atoms with Crippen LogP contribution in [0.1, 0.15) is 50.5 Å². The zero-order valence-electron chi connectivity index (χ0n) is 17.9. The van der Waals surface area contributed by atoms with Crippen LogP contribution in [0.2, 0.25) is 0 Å². The fourth-order valence-electron chi connectivity index (χ4n) is 7.00. The normalized spacial score (nSPS) is 28.3. The Kier molecular flexibility index (Phi) is 4.38. The van der Waals surface area contributed by atoms with Crippen LogP contribution >= 0.6 is 0 Å². The maximum atomic E-state index is 12.5. The highest BCUT2D eigenvalue weighted by atomic mass is 16.2. The van der Waals surface area contributed by atoms with Gasteiger partial charge in [0.05, 0.1) is 6.33 Å². The minimum atomic E-state index is -0.595. The quantitative estimate of drug-likeness (QED) is 0.574. The third kappa shape index (κ3) is 3.29. The highest BCUT2D eigenvalue weighted by molar-refractivity contribution is 5.90. The lowest BCUT2D eigenvalue weighted by molar-refractivity contribution is -0.116. The van der Waals surface area contributed by atoms with Gasteiger partial charge in [0.25, 0.3) is 5.56 Å². The number of hydrogen-bond acceptors (Lipinski definition) is 4. The molecule has 1 aromatic carbocycles. The van der Waals surface area contributed by atoms with Crippen molar-refractivity contribution in [3.63, 3.8) is 0 Å². The summed E-state index contributed by atoms with van der Waals surface area (Å²) in [6, 6.07) is 8.46. The Morgan fingerprint density at radius 1 is 1.03 bits per heavy atom. The molecule has 4 saturated carbocycles. The molecule has 4 aliphatic carbocycles. The zero-order chi connectivity index (χ0) is 21.9. The van der Waals surface area contributed by atoms with E-state index >= 15 is 0 Å². The summed E-state index contributed by atoms with van der Waals surface area (Å²) < 4.78 is 1.58. The third-order valence-electron chi connectivity index (χ3n) is 7.91. The Hall–Kier alpha value is -3.16. The van der Waals surface area contributed by atoms with Crippen molar-refractivity contribution in [2.75, 3.05) is 5.32 Å². The van der Waals surface area contributed by atoms with Crippen LogP contribution in [-0.2, 0) is 16.8 Å². The van der Waals surface area contributed by atoms with Crippen LogP contribution in [0.5, 0.6) is 0 Å². The van der Waals surface area contributed by atoms with Crippen molar-refractivity contribution in [1.29, 1.82) is 0 Å². The van der Waals surface area contributed by atoms with Crippen LogP contribution in [0.4, 0.5) is 5.69 Å². The largest absolute Gasteiger partial charge is 0.327 e. The Morgan fingerprint density at radius 2 is 1.69 bits per heavy atom. The fourth-order valence-corrected chi connectivity index (χ4v) is 7.00. The second kappa shape index (κ2) is 7.18. The molecule has 0 saturated heterocycles. The van der Waals surface area contributed by atoms with Crippen LogP contribution in [0.15, 0.2) is 40.2 Å². The van der Waals surface area contributed by atoms with Gasteiger partial charge in [-0.25, -0.2) is 9.78 Å². The summed E-state index contributed by atoms with van der Waals surface area (Å²) in [7, 11) is 0. The molecule has 4 bridgehead atoms. The van der Waals surface area contributed by atoms with Gasteiger partial charge in [-0.15, -0.1) is 0 Å². The van der Waals surface area contributed by atoms with E-state index in [4.69, 9.17) is 0 Å². The van der Waals surface area contributed by atoms with E-state index in [2.05, 4.69) is 32.4 Å². The summed E-state index contributed by atoms with van der Waals surface area (Å²) in [5, 5.41) is 2.96. The maximum absolute atomic E-state index is 12.5. The number of rotatable bonds is 5. The fraction of sp³-hybridized carbons (Fsp3) is 0.500. The lowest BCUT2D eigenvalue weighted by Crippen LogP contribution is -2.48. The van der Waals surface area contributed by atoms with Gasteiger partial charge in [0.2, 0.25) is 5.91 Å². The van der Waals surface area contributed by atoms with Gasteiger partial charge in [0, 0.05) is 18.7 Å². The predicted molar refractivity (Wildman–Crippen MR) is 121 cm³/mol. The number of anilines is 1. The number of aromatic amines is 2. The van der Waals surface area contributed by atoms with Crippen LogP contribution < -0.4 is 16.6 Å². The van der Waals surface area contributed by atoms with Crippen LogP contribution in [0.3, 0.4) is 0 Å². The van der Waals surface area contributed by atoms with Crippen LogP contribution in [0, 0.1) is 17.8 Å². The van der Waals surface area contributed by atoms with Gasteiger partial charge in [-0.3, -0.25) is 19.6 Å². The number of nitrogens with zero attached hydrogens (tertiary/aromatic N) is 2. The summed E-state index contributed by atoms with van der Waals surface area (Å²) in [4.78, 5) is 44.6. The number of aromatic nitrogens is 4. The average Bonchev–Trinajstić information content (AvgIpc) is 3.15. The average molecular weight is 434 g/mol. The zero-order valence-corrected chi connectivity index (χ0v) is 17.9. The molecule has 1 amide bonds. The van der Waals surface area contributed by atoms with Crippen molar-refractivity contribution >= 4 is 22.8 Å². The molecule has 0 unspecified atom stereocenters.